The number of likely N-dealkylation sites (N-methyl/N-ethyl adjacent to an activating group) is 1. The van der Waals surface area contributed by atoms with Gasteiger partial charge in [0.1, 0.15) is 17.0 Å². The van der Waals surface area contributed by atoms with Crippen LogP contribution in [0.5, 0.6) is 0 Å². The molecule has 0 radical (unpaired) electrons. The van der Waals surface area contributed by atoms with Crippen molar-refractivity contribution in [1.82, 2.24) is 14.9 Å². The van der Waals surface area contributed by atoms with Crippen LogP contribution in [0.1, 0.15) is 0 Å². The Kier molecular flexibility index (Phi) is 5.05. The molecule has 3 aromatic rings. The monoisotopic (exact) mass is 382 g/mol. The van der Waals surface area contributed by atoms with Gasteiger partial charge in [-0.2, -0.15) is 0 Å². The third-order valence-corrected chi connectivity index (χ3v) is 6.13. The topological polar surface area (TPSA) is 53.8 Å². The van der Waals surface area contributed by atoms with Crippen molar-refractivity contribution in [3.63, 3.8) is 0 Å². The molecule has 1 amide bonds. The maximum Gasteiger partial charge on any atom is 0.277 e. The number of hydrogen-bond acceptors (Lipinski definition) is 5. The van der Waals surface area contributed by atoms with Gasteiger partial charge in [-0.25, -0.2) is 9.97 Å². The first-order valence-corrected chi connectivity index (χ1v) is 10.0. The number of rotatable bonds is 4. The second-order valence-corrected chi connectivity index (χ2v) is 8.13. The van der Waals surface area contributed by atoms with Crippen LogP contribution in [0.15, 0.2) is 42.7 Å². The maximum absolute atomic E-state index is 11.9. The molecule has 0 bridgehead atoms. The number of carbonyl (C=O) groups excluding carboxylic acids is 1. The first kappa shape index (κ1) is 17.9. The molecule has 4 rings (SSSR count). The quantitative estimate of drug-likeness (QED) is 0.736. The highest BCUT2D eigenvalue weighted by molar-refractivity contribution is 7.21. The van der Waals surface area contributed by atoms with Gasteiger partial charge in [-0.15, -0.1) is 11.3 Å². The van der Waals surface area contributed by atoms with Crippen LogP contribution in [0, 0.1) is 0 Å². The van der Waals surface area contributed by atoms with Crippen molar-refractivity contribution in [2.75, 3.05) is 51.7 Å². The van der Waals surface area contributed by atoms with Gasteiger partial charge in [0.15, 0.2) is 6.54 Å². The predicted molar refractivity (Wildman–Crippen MR) is 109 cm³/mol. The number of aromatic nitrogens is 2. The van der Waals surface area contributed by atoms with E-state index in [1.54, 1.807) is 22.6 Å². The molecule has 1 fully saturated rings. The Morgan fingerprint density at radius 1 is 1.19 bits per heavy atom. The van der Waals surface area contributed by atoms with Gasteiger partial charge in [-0.1, -0.05) is 30.3 Å². The van der Waals surface area contributed by atoms with Crippen LogP contribution in [-0.2, 0) is 4.79 Å². The van der Waals surface area contributed by atoms with E-state index in [2.05, 4.69) is 45.2 Å². The largest absolute Gasteiger partial charge is 0.345 e. The maximum atomic E-state index is 11.9. The summed E-state index contributed by atoms with van der Waals surface area (Å²) in [5, 5.41) is 1.12. The zero-order valence-corrected chi connectivity index (χ0v) is 16.5. The van der Waals surface area contributed by atoms with Gasteiger partial charge in [-0.3, -0.25) is 4.79 Å². The van der Waals surface area contributed by atoms with E-state index in [0.717, 1.165) is 42.2 Å². The first-order chi connectivity index (χ1) is 13.1. The first-order valence-electron chi connectivity index (χ1n) is 9.20. The normalized spacial score (nSPS) is 15.3. The summed E-state index contributed by atoms with van der Waals surface area (Å²) in [4.78, 5) is 28.6. The van der Waals surface area contributed by atoms with Crippen molar-refractivity contribution < 1.29 is 9.69 Å². The van der Waals surface area contributed by atoms with Crippen LogP contribution < -0.4 is 9.80 Å². The number of nitrogens with zero attached hydrogens (tertiary/aromatic N) is 4. The summed E-state index contributed by atoms with van der Waals surface area (Å²) in [5.41, 5.74) is 1.21. The van der Waals surface area contributed by atoms with Crippen molar-refractivity contribution in [2.45, 2.75) is 0 Å². The molecular weight excluding hydrogens is 358 g/mol. The standard InChI is InChI=1S/C20H23N5OS/c1-23(2)18(26)13-24-8-10-25(11-9-24)19-16-12-17(15-6-4-3-5-7-15)27-20(16)22-14-21-19/h3-7,12,14H,8-11,13H2,1-2H3/p+1. The summed E-state index contributed by atoms with van der Waals surface area (Å²) < 4.78 is 0. The van der Waals surface area contributed by atoms with Crippen molar-refractivity contribution in [3.8, 4) is 10.4 Å². The average Bonchev–Trinajstić information content (AvgIpc) is 3.13. The van der Waals surface area contributed by atoms with Crippen molar-refractivity contribution >= 4 is 33.3 Å². The fraction of sp³-hybridized carbons (Fsp3) is 0.350. The SMILES string of the molecule is CN(C)C(=O)C[NH+]1CCN(c2ncnc3sc(-c4ccccc4)cc23)CC1. The third-order valence-electron chi connectivity index (χ3n) is 5.04. The molecule has 7 heteroatoms. The number of piperazine rings is 1. The summed E-state index contributed by atoms with van der Waals surface area (Å²) in [6.07, 6.45) is 1.66. The second-order valence-electron chi connectivity index (χ2n) is 7.09. The molecule has 2 aromatic heterocycles. The second kappa shape index (κ2) is 7.62. The highest BCUT2D eigenvalue weighted by Crippen LogP contribution is 2.35. The van der Waals surface area contributed by atoms with Gasteiger partial charge < -0.3 is 14.7 Å². The van der Waals surface area contributed by atoms with Crippen LogP contribution in [-0.4, -0.2) is 67.6 Å². The molecule has 0 saturated carbocycles. The molecule has 6 nitrogen and oxygen atoms in total. The van der Waals surface area contributed by atoms with Gasteiger partial charge >= 0.3 is 0 Å². The van der Waals surface area contributed by atoms with E-state index in [9.17, 15) is 4.79 Å². The Balaban J connectivity index is 1.53. The number of nitrogens with one attached hydrogen (secondary N) is 1. The fourth-order valence-corrected chi connectivity index (χ4v) is 4.42. The van der Waals surface area contributed by atoms with Crippen molar-refractivity contribution in [1.29, 1.82) is 0 Å². The molecule has 0 spiro atoms. The zero-order chi connectivity index (χ0) is 18.8. The lowest BCUT2D eigenvalue weighted by atomic mass is 10.2. The van der Waals surface area contributed by atoms with Crippen molar-refractivity contribution in [3.05, 3.63) is 42.7 Å². The lowest BCUT2D eigenvalue weighted by Gasteiger charge is -2.33. The molecule has 1 aromatic carbocycles. The Hall–Kier alpha value is -2.51. The molecule has 1 N–H and O–H groups in total. The number of amides is 1. The molecule has 3 heterocycles. The van der Waals surface area contributed by atoms with E-state index in [-0.39, 0.29) is 5.91 Å². The molecule has 0 unspecified atom stereocenters. The molecule has 0 aliphatic carbocycles. The highest BCUT2D eigenvalue weighted by Gasteiger charge is 2.25. The Morgan fingerprint density at radius 2 is 1.93 bits per heavy atom. The molecule has 0 atom stereocenters. The van der Waals surface area contributed by atoms with E-state index in [1.165, 1.54) is 15.3 Å². The summed E-state index contributed by atoms with van der Waals surface area (Å²) >= 11 is 1.71. The molecular formula is C20H24N5OS+. The van der Waals surface area contributed by atoms with Gasteiger partial charge in [-0.05, 0) is 11.6 Å². The van der Waals surface area contributed by atoms with Crippen LogP contribution >= 0.6 is 11.3 Å². The van der Waals surface area contributed by atoms with Crippen LogP contribution in [0.4, 0.5) is 5.82 Å². The number of carbonyl (C=O) groups is 1. The summed E-state index contributed by atoms with van der Waals surface area (Å²) in [6, 6.07) is 12.6. The van der Waals surface area contributed by atoms with E-state index >= 15 is 0 Å². The molecule has 1 saturated heterocycles. The number of quaternary nitrogens is 1. The van der Waals surface area contributed by atoms with E-state index in [4.69, 9.17) is 0 Å². The third kappa shape index (κ3) is 3.79. The van der Waals surface area contributed by atoms with Crippen LogP contribution in [0.25, 0.3) is 20.7 Å². The molecule has 1 aliphatic rings. The van der Waals surface area contributed by atoms with Gasteiger partial charge in [0.25, 0.3) is 5.91 Å². The molecule has 27 heavy (non-hydrogen) atoms. The minimum absolute atomic E-state index is 0.188. The van der Waals surface area contributed by atoms with E-state index < -0.39 is 0 Å². The van der Waals surface area contributed by atoms with E-state index in [1.807, 2.05) is 20.2 Å². The molecule has 140 valence electrons. The lowest BCUT2D eigenvalue weighted by Crippen LogP contribution is -3.15. The van der Waals surface area contributed by atoms with E-state index in [0.29, 0.717) is 6.54 Å². The minimum atomic E-state index is 0.188. The minimum Gasteiger partial charge on any atom is -0.345 e. The summed E-state index contributed by atoms with van der Waals surface area (Å²) in [5.74, 6) is 1.20. The molecule has 1 aliphatic heterocycles. The van der Waals surface area contributed by atoms with Crippen molar-refractivity contribution in [2.24, 2.45) is 0 Å². The number of fused-ring (bicyclic) bond motifs is 1. The number of anilines is 1. The van der Waals surface area contributed by atoms with Gasteiger partial charge in [0, 0.05) is 19.0 Å². The van der Waals surface area contributed by atoms with Crippen LogP contribution in [0.3, 0.4) is 0 Å². The summed E-state index contributed by atoms with van der Waals surface area (Å²) in [6.45, 7) is 4.26. The lowest BCUT2D eigenvalue weighted by molar-refractivity contribution is -0.892. The summed E-state index contributed by atoms with van der Waals surface area (Å²) in [7, 11) is 3.63. The number of thiophene rings is 1. The number of benzene rings is 1. The van der Waals surface area contributed by atoms with Gasteiger partial charge in [0.05, 0.1) is 31.6 Å². The Labute approximate surface area is 163 Å². The zero-order valence-electron chi connectivity index (χ0n) is 15.7. The highest BCUT2D eigenvalue weighted by atomic mass is 32.1. The van der Waals surface area contributed by atoms with Gasteiger partial charge in [0.2, 0.25) is 0 Å². The smallest absolute Gasteiger partial charge is 0.277 e. The fourth-order valence-electron chi connectivity index (χ4n) is 3.42. The predicted octanol–water partition coefficient (Wildman–Crippen LogP) is 1.15. The Bertz CT molecular complexity index is 932. The Morgan fingerprint density at radius 3 is 2.63 bits per heavy atom. The van der Waals surface area contributed by atoms with Crippen LogP contribution in [0.2, 0.25) is 0 Å². The average molecular weight is 383 g/mol. The number of hydrogen-bond donors (Lipinski definition) is 1.